The number of hydrogen-bond acceptors (Lipinski definition) is 4. The van der Waals surface area contributed by atoms with Gasteiger partial charge in [-0.1, -0.05) is 0 Å². The van der Waals surface area contributed by atoms with Crippen LogP contribution >= 0.6 is 0 Å². The van der Waals surface area contributed by atoms with Gasteiger partial charge in [0.2, 0.25) is 0 Å². The summed E-state index contributed by atoms with van der Waals surface area (Å²) in [5, 5.41) is 3.33. The van der Waals surface area contributed by atoms with E-state index in [-0.39, 0.29) is 0 Å². The zero-order valence-electron chi connectivity index (χ0n) is 9.83. The lowest BCUT2D eigenvalue weighted by molar-refractivity contribution is 0.0251. The molecular weight excluding hydrogens is 210 g/mol. The van der Waals surface area contributed by atoms with Crippen LogP contribution in [0.1, 0.15) is 20.3 Å². The Labute approximate surface area is 94.1 Å². The van der Waals surface area contributed by atoms with Crippen molar-refractivity contribution in [2.45, 2.75) is 32.4 Å². The van der Waals surface area contributed by atoms with Crippen molar-refractivity contribution in [1.29, 1.82) is 0 Å². The molecule has 1 fully saturated rings. The van der Waals surface area contributed by atoms with E-state index in [1.807, 2.05) is 13.8 Å². The Hall–Kier alpha value is 0.0569. The van der Waals surface area contributed by atoms with Gasteiger partial charge >= 0.3 is 9.28 Å². The first-order chi connectivity index (χ1) is 7.36. The fraction of sp³-hybridized carbons (Fsp3) is 1.00. The van der Waals surface area contributed by atoms with Crippen molar-refractivity contribution in [2.24, 2.45) is 0 Å². The molecular formula is C10H23NO3Si. The molecule has 0 bridgehead atoms. The molecule has 1 aliphatic rings. The number of ether oxygens (including phenoxy) is 1. The molecule has 1 heterocycles. The summed E-state index contributed by atoms with van der Waals surface area (Å²) < 4.78 is 16.9. The molecule has 15 heavy (non-hydrogen) atoms. The monoisotopic (exact) mass is 233 g/mol. The van der Waals surface area contributed by atoms with Crippen molar-refractivity contribution >= 4 is 9.28 Å². The van der Waals surface area contributed by atoms with Gasteiger partial charge in [0, 0.05) is 26.3 Å². The SMILES string of the molecule is CCO[SiH](CCC1CNCCO1)OCC. The van der Waals surface area contributed by atoms with Crippen LogP contribution in [-0.4, -0.2) is 48.3 Å². The van der Waals surface area contributed by atoms with Crippen LogP contribution in [0.2, 0.25) is 6.04 Å². The maximum absolute atomic E-state index is 5.63. The van der Waals surface area contributed by atoms with Gasteiger partial charge in [-0.2, -0.15) is 0 Å². The Morgan fingerprint density at radius 3 is 2.60 bits per heavy atom. The molecule has 0 aromatic rings. The van der Waals surface area contributed by atoms with Gasteiger partial charge in [-0.3, -0.25) is 0 Å². The van der Waals surface area contributed by atoms with Crippen LogP contribution in [0.15, 0.2) is 0 Å². The molecule has 1 rings (SSSR count). The minimum atomic E-state index is -1.41. The van der Waals surface area contributed by atoms with Gasteiger partial charge in [0.15, 0.2) is 0 Å². The summed E-state index contributed by atoms with van der Waals surface area (Å²) in [5.41, 5.74) is 0. The molecule has 4 nitrogen and oxygen atoms in total. The van der Waals surface area contributed by atoms with E-state index in [0.29, 0.717) is 6.10 Å². The third kappa shape index (κ3) is 5.63. The summed E-state index contributed by atoms with van der Waals surface area (Å²) >= 11 is 0. The quantitative estimate of drug-likeness (QED) is 0.656. The predicted molar refractivity (Wildman–Crippen MR) is 62.4 cm³/mol. The second-order valence-electron chi connectivity index (χ2n) is 3.61. The lowest BCUT2D eigenvalue weighted by Crippen LogP contribution is -2.39. The first-order valence-corrected chi connectivity index (χ1v) is 7.68. The van der Waals surface area contributed by atoms with Gasteiger partial charge in [0.1, 0.15) is 0 Å². The molecule has 1 unspecified atom stereocenters. The minimum absolute atomic E-state index is 0.356. The minimum Gasteiger partial charge on any atom is -0.397 e. The first-order valence-electron chi connectivity index (χ1n) is 5.92. The second-order valence-corrected chi connectivity index (χ2v) is 5.72. The molecule has 0 aromatic heterocycles. The van der Waals surface area contributed by atoms with Crippen molar-refractivity contribution < 1.29 is 13.6 Å². The largest absolute Gasteiger partial charge is 0.397 e. The van der Waals surface area contributed by atoms with Crippen LogP contribution in [0.4, 0.5) is 0 Å². The Bertz CT molecular complexity index is 148. The van der Waals surface area contributed by atoms with Gasteiger partial charge in [-0.05, 0) is 26.3 Å². The molecule has 0 amide bonds. The molecule has 1 N–H and O–H groups in total. The molecule has 0 saturated carbocycles. The molecule has 0 aliphatic carbocycles. The van der Waals surface area contributed by atoms with Gasteiger partial charge in [0.25, 0.3) is 0 Å². The van der Waals surface area contributed by atoms with Crippen molar-refractivity contribution in [1.82, 2.24) is 5.32 Å². The molecule has 90 valence electrons. The topological polar surface area (TPSA) is 39.7 Å². The number of rotatable bonds is 7. The van der Waals surface area contributed by atoms with E-state index in [2.05, 4.69) is 5.32 Å². The Kier molecular flexibility index (Phi) is 7.21. The maximum atomic E-state index is 5.63. The van der Waals surface area contributed by atoms with Gasteiger partial charge in [-0.25, -0.2) is 0 Å². The predicted octanol–water partition coefficient (Wildman–Crippen LogP) is 0.658. The Morgan fingerprint density at radius 1 is 1.33 bits per heavy atom. The zero-order chi connectivity index (χ0) is 10.9. The van der Waals surface area contributed by atoms with Crippen LogP contribution in [0.5, 0.6) is 0 Å². The van der Waals surface area contributed by atoms with Gasteiger partial charge < -0.3 is 18.9 Å². The summed E-state index contributed by atoms with van der Waals surface area (Å²) in [6.07, 6.45) is 1.42. The summed E-state index contributed by atoms with van der Waals surface area (Å²) in [6.45, 7) is 8.37. The number of nitrogens with one attached hydrogen (secondary N) is 1. The third-order valence-corrected chi connectivity index (χ3v) is 4.65. The summed E-state index contributed by atoms with van der Waals surface area (Å²) in [4.78, 5) is 0. The van der Waals surface area contributed by atoms with Crippen LogP contribution in [0, 0.1) is 0 Å². The van der Waals surface area contributed by atoms with Gasteiger partial charge in [-0.15, -0.1) is 0 Å². The summed E-state index contributed by atoms with van der Waals surface area (Å²) in [5.74, 6) is 0. The highest BCUT2D eigenvalue weighted by Gasteiger charge is 2.18. The average molecular weight is 233 g/mol. The van der Waals surface area contributed by atoms with E-state index in [4.69, 9.17) is 13.6 Å². The molecule has 0 radical (unpaired) electrons. The van der Waals surface area contributed by atoms with Crippen LogP contribution in [0.3, 0.4) is 0 Å². The molecule has 1 saturated heterocycles. The maximum Gasteiger partial charge on any atom is 0.321 e. The number of morpholine rings is 1. The molecule has 5 heteroatoms. The fourth-order valence-corrected chi connectivity index (χ4v) is 3.53. The van der Waals surface area contributed by atoms with E-state index in [9.17, 15) is 0 Å². The van der Waals surface area contributed by atoms with Crippen molar-refractivity contribution in [2.75, 3.05) is 32.9 Å². The van der Waals surface area contributed by atoms with E-state index in [0.717, 1.165) is 45.4 Å². The van der Waals surface area contributed by atoms with Gasteiger partial charge in [0.05, 0.1) is 12.7 Å². The zero-order valence-corrected chi connectivity index (χ0v) is 11.0. The van der Waals surface area contributed by atoms with E-state index in [1.165, 1.54) is 0 Å². The highest BCUT2D eigenvalue weighted by Crippen LogP contribution is 2.09. The summed E-state index contributed by atoms with van der Waals surface area (Å²) in [7, 11) is -1.41. The smallest absolute Gasteiger partial charge is 0.321 e. The average Bonchev–Trinajstić information content (AvgIpc) is 2.28. The van der Waals surface area contributed by atoms with Crippen molar-refractivity contribution in [3.63, 3.8) is 0 Å². The highest BCUT2D eigenvalue weighted by molar-refractivity contribution is 6.44. The normalized spacial score (nSPS) is 22.2. The lowest BCUT2D eigenvalue weighted by Gasteiger charge is -2.24. The van der Waals surface area contributed by atoms with Crippen molar-refractivity contribution in [3.8, 4) is 0 Å². The van der Waals surface area contributed by atoms with Crippen LogP contribution in [-0.2, 0) is 13.6 Å². The van der Waals surface area contributed by atoms with E-state index in [1.54, 1.807) is 0 Å². The standard InChI is InChI=1S/C10H23NO3Si/c1-3-13-15(14-4-2)8-5-10-9-11-6-7-12-10/h10-11,15H,3-9H2,1-2H3. The second kappa shape index (κ2) is 8.24. The van der Waals surface area contributed by atoms with E-state index >= 15 is 0 Å². The lowest BCUT2D eigenvalue weighted by atomic mass is 10.2. The molecule has 0 spiro atoms. The third-order valence-electron chi connectivity index (χ3n) is 2.43. The molecule has 1 aliphatic heterocycles. The molecule has 0 aromatic carbocycles. The molecule has 1 atom stereocenters. The highest BCUT2D eigenvalue weighted by atomic mass is 28.3. The van der Waals surface area contributed by atoms with Crippen molar-refractivity contribution in [3.05, 3.63) is 0 Å². The Balaban J connectivity index is 2.13. The van der Waals surface area contributed by atoms with Crippen LogP contribution < -0.4 is 5.32 Å². The van der Waals surface area contributed by atoms with E-state index < -0.39 is 9.28 Å². The fourth-order valence-electron chi connectivity index (χ4n) is 1.71. The Morgan fingerprint density at radius 2 is 2.07 bits per heavy atom. The first kappa shape index (κ1) is 13.1. The number of hydrogen-bond donors (Lipinski definition) is 1. The summed E-state index contributed by atoms with van der Waals surface area (Å²) in [6, 6.07) is 1.05. The van der Waals surface area contributed by atoms with Crippen LogP contribution in [0.25, 0.3) is 0 Å².